The quantitative estimate of drug-likeness (QED) is 0.367. The first-order valence-electron chi connectivity index (χ1n) is 5.05. The minimum atomic E-state index is -4.93. The molecule has 102 valence electrons. The summed E-state index contributed by atoms with van der Waals surface area (Å²) < 4.78 is 61.6. The van der Waals surface area contributed by atoms with E-state index in [1.165, 1.54) is 18.2 Å². The van der Waals surface area contributed by atoms with E-state index in [0.29, 0.717) is 5.39 Å². The largest absolute Gasteiger partial charge is 1.00 e. The third-order valence-corrected chi connectivity index (χ3v) is 4.97. The Morgan fingerprint density at radius 3 is 2.15 bits per heavy atom. The molecule has 0 aliphatic rings. The summed E-state index contributed by atoms with van der Waals surface area (Å²) in [6, 6.07) is 8.56. The van der Waals surface area contributed by atoms with Crippen molar-refractivity contribution in [3.63, 3.8) is 0 Å². The van der Waals surface area contributed by atoms with Crippen LogP contribution in [0.25, 0.3) is 10.8 Å². The van der Waals surface area contributed by atoms with Crippen LogP contribution >= 0.6 is 0 Å². The normalized spacial score (nSPS) is 12.1. The van der Waals surface area contributed by atoms with Gasteiger partial charge in [-0.15, -0.1) is 0 Å². The van der Waals surface area contributed by atoms with E-state index in [9.17, 15) is 21.4 Å². The van der Waals surface area contributed by atoms with Crippen molar-refractivity contribution >= 4 is 31.0 Å². The first-order valence-corrected chi connectivity index (χ1v) is 7.87. The van der Waals surface area contributed by atoms with Crippen molar-refractivity contribution in [2.75, 3.05) is 7.11 Å². The molecule has 2 aromatic rings. The maximum atomic E-state index is 11.9. The van der Waals surface area contributed by atoms with Gasteiger partial charge in [-0.2, -0.15) is 8.42 Å². The molecular formula is C11H9KO6S2. The Hall–Kier alpha value is 0.156. The van der Waals surface area contributed by atoms with Crippen molar-refractivity contribution in [3.8, 4) is 0 Å². The number of benzene rings is 2. The number of hydrogen-bond acceptors (Lipinski definition) is 6. The number of fused-ring (bicyclic) bond motifs is 1. The van der Waals surface area contributed by atoms with Gasteiger partial charge in [-0.3, -0.25) is 4.18 Å². The molecule has 9 heteroatoms. The van der Waals surface area contributed by atoms with E-state index < -0.39 is 30.0 Å². The van der Waals surface area contributed by atoms with Gasteiger partial charge >= 0.3 is 51.4 Å². The molecule has 0 amide bonds. The van der Waals surface area contributed by atoms with Crippen LogP contribution in [-0.2, 0) is 24.4 Å². The molecule has 0 fully saturated rings. The Bertz CT molecular complexity index is 842. The van der Waals surface area contributed by atoms with Crippen LogP contribution in [0.5, 0.6) is 0 Å². The van der Waals surface area contributed by atoms with Gasteiger partial charge in [0.2, 0.25) is 0 Å². The molecule has 0 saturated carbocycles. The average Bonchev–Trinajstić information content (AvgIpc) is 2.36. The van der Waals surface area contributed by atoms with Gasteiger partial charge in [-0.1, -0.05) is 30.3 Å². The predicted octanol–water partition coefficient (Wildman–Crippen LogP) is -1.92. The summed E-state index contributed by atoms with van der Waals surface area (Å²) in [7, 11) is -8.34. The van der Waals surface area contributed by atoms with Gasteiger partial charge in [0.15, 0.2) is 0 Å². The fourth-order valence-corrected chi connectivity index (χ4v) is 3.88. The smallest absolute Gasteiger partial charge is 0.744 e. The van der Waals surface area contributed by atoms with Crippen LogP contribution in [0.1, 0.15) is 0 Å². The molecule has 2 aromatic carbocycles. The minimum Gasteiger partial charge on any atom is -0.744 e. The van der Waals surface area contributed by atoms with Crippen LogP contribution in [0.2, 0.25) is 0 Å². The summed E-state index contributed by atoms with van der Waals surface area (Å²) in [6.45, 7) is 0. The van der Waals surface area contributed by atoms with Crippen molar-refractivity contribution in [2.45, 2.75) is 9.79 Å². The van der Waals surface area contributed by atoms with Crippen LogP contribution in [0.15, 0.2) is 46.2 Å². The Balaban J connectivity index is 0.00000200. The van der Waals surface area contributed by atoms with Crippen LogP contribution in [0.4, 0.5) is 0 Å². The van der Waals surface area contributed by atoms with E-state index in [-0.39, 0.29) is 56.8 Å². The van der Waals surface area contributed by atoms with E-state index in [4.69, 9.17) is 0 Å². The van der Waals surface area contributed by atoms with Gasteiger partial charge in [0.1, 0.15) is 15.0 Å². The zero-order valence-electron chi connectivity index (χ0n) is 10.7. The Morgan fingerprint density at radius 1 is 1.00 bits per heavy atom. The molecule has 0 aromatic heterocycles. The average molecular weight is 340 g/mol. The third kappa shape index (κ3) is 3.49. The van der Waals surface area contributed by atoms with Crippen molar-refractivity contribution in [3.05, 3.63) is 36.4 Å². The topological polar surface area (TPSA) is 101 Å². The second-order valence-corrected chi connectivity index (χ2v) is 6.69. The van der Waals surface area contributed by atoms with Gasteiger partial charge in [-0.25, -0.2) is 8.42 Å². The van der Waals surface area contributed by atoms with Gasteiger partial charge in [0.25, 0.3) is 10.1 Å². The Labute approximate surface area is 159 Å². The Morgan fingerprint density at radius 2 is 1.60 bits per heavy atom. The van der Waals surface area contributed by atoms with E-state index >= 15 is 0 Å². The molecule has 0 unspecified atom stereocenters. The molecule has 0 aliphatic carbocycles. The van der Waals surface area contributed by atoms with Crippen molar-refractivity contribution in [1.29, 1.82) is 0 Å². The monoisotopic (exact) mass is 340 g/mol. The van der Waals surface area contributed by atoms with E-state index in [1.807, 2.05) is 0 Å². The van der Waals surface area contributed by atoms with Crippen LogP contribution in [0.3, 0.4) is 0 Å². The Kier molecular flexibility index (Phi) is 5.92. The minimum absolute atomic E-state index is 0. The third-order valence-electron chi connectivity index (χ3n) is 2.58. The maximum absolute atomic E-state index is 11.9. The van der Waals surface area contributed by atoms with Gasteiger partial charge in [0.05, 0.1) is 12.0 Å². The van der Waals surface area contributed by atoms with Gasteiger partial charge < -0.3 is 4.55 Å². The summed E-state index contributed by atoms with van der Waals surface area (Å²) in [5.74, 6) is 0. The van der Waals surface area contributed by atoms with E-state index in [0.717, 1.165) is 13.2 Å². The summed E-state index contributed by atoms with van der Waals surface area (Å²) in [5.41, 5.74) is 0. The van der Waals surface area contributed by atoms with Crippen LogP contribution in [-0.4, -0.2) is 28.5 Å². The number of rotatable bonds is 3. The number of hydrogen-bond donors (Lipinski definition) is 0. The van der Waals surface area contributed by atoms with Crippen molar-refractivity contribution in [2.24, 2.45) is 0 Å². The van der Waals surface area contributed by atoms with E-state index in [1.54, 1.807) is 12.1 Å². The zero-order valence-corrected chi connectivity index (χ0v) is 15.5. The molecule has 0 bridgehead atoms. The van der Waals surface area contributed by atoms with Crippen molar-refractivity contribution < 1.29 is 77.0 Å². The molecule has 0 radical (unpaired) electrons. The standard InChI is InChI=1S/C11H10O6S2.K/c1-17-19(15,16)11-9-5-3-2-4-8(9)6-7-10(11)18(12,13)14;/h2-7H,1H3,(H,12,13,14);/q;+1/p-1. The fraction of sp³-hybridized carbons (Fsp3) is 0.0909. The second kappa shape index (κ2) is 6.51. The van der Waals surface area contributed by atoms with Crippen LogP contribution < -0.4 is 51.4 Å². The first kappa shape index (κ1) is 18.2. The summed E-state index contributed by atoms with van der Waals surface area (Å²) >= 11 is 0. The molecule has 0 heterocycles. The second-order valence-electron chi connectivity index (χ2n) is 3.69. The molecule has 0 saturated heterocycles. The molecule has 6 nitrogen and oxygen atoms in total. The predicted molar refractivity (Wildman–Crippen MR) is 66.1 cm³/mol. The summed E-state index contributed by atoms with van der Waals surface area (Å²) in [4.78, 5) is -1.43. The molecule has 0 aliphatic heterocycles. The molecule has 0 N–H and O–H groups in total. The molecule has 0 atom stereocenters. The van der Waals surface area contributed by atoms with Crippen LogP contribution in [0, 0.1) is 0 Å². The molecule has 2 rings (SSSR count). The zero-order chi connectivity index (χ0) is 14.3. The van der Waals surface area contributed by atoms with Gasteiger partial charge in [-0.05, 0) is 11.5 Å². The molecule has 20 heavy (non-hydrogen) atoms. The SMILES string of the molecule is COS(=O)(=O)c1c(S(=O)(=O)[O-])ccc2ccccc12.[K+]. The molecule has 0 spiro atoms. The summed E-state index contributed by atoms with van der Waals surface area (Å²) in [5, 5.41) is 0.617. The first-order chi connectivity index (χ1) is 8.77. The molecular weight excluding hydrogens is 331 g/mol. The van der Waals surface area contributed by atoms with Crippen molar-refractivity contribution in [1.82, 2.24) is 0 Å². The van der Waals surface area contributed by atoms with E-state index in [2.05, 4.69) is 4.18 Å². The summed E-state index contributed by atoms with van der Waals surface area (Å²) in [6.07, 6.45) is 0. The maximum Gasteiger partial charge on any atom is 1.00 e. The van der Waals surface area contributed by atoms with Gasteiger partial charge in [0, 0.05) is 5.39 Å². The fourth-order valence-electron chi connectivity index (χ4n) is 1.76.